The molecule has 0 bridgehead atoms. The van der Waals surface area contributed by atoms with E-state index in [4.69, 9.17) is 5.73 Å². The smallest absolute Gasteiger partial charge is 0.227 e. The van der Waals surface area contributed by atoms with Crippen molar-refractivity contribution in [3.8, 4) is 10.6 Å². The van der Waals surface area contributed by atoms with Crippen molar-refractivity contribution in [2.24, 2.45) is 0 Å². The van der Waals surface area contributed by atoms with Crippen LogP contribution in [0.1, 0.15) is 23.8 Å². The molecule has 0 spiro atoms. The number of thiazole rings is 1. The molecule has 128 valence electrons. The molecule has 6 heteroatoms. The fourth-order valence-corrected chi connectivity index (χ4v) is 5.08. The van der Waals surface area contributed by atoms with E-state index < -0.39 is 0 Å². The van der Waals surface area contributed by atoms with E-state index in [1.807, 2.05) is 40.6 Å². The van der Waals surface area contributed by atoms with Gasteiger partial charge in [-0.05, 0) is 42.8 Å². The summed E-state index contributed by atoms with van der Waals surface area (Å²) >= 11 is 3.13. The van der Waals surface area contributed by atoms with Gasteiger partial charge in [-0.25, -0.2) is 4.98 Å². The van der Waals surface area contributed by atoms with Crippen molar-refractivity contribution in [2.75, 3.05) is 10.6 Å². The molecule has 3 aromatic rings. The molecule has 3 heterocycles. The summed E-state index contributed by atoms with van der Waals surface area (Å²) in [6.45, 7) is 2.11. The van der Waals surface area contributed by atoms with E-state index in [-0.39, 0.29) is 11.9 Å². The zero-order valence-electron chi connectivity index (χ0n) is 13.9. The third kappa shape index (κ3) is 3.07. The molecule has 0 saturated heterocycles. The Hall–Kier alpha value is -2.18. The summed E-state index contributed by atoms with van der Waals surface area (Å²) in [5.41, 5.74) is 9.16. The lowest BCUT2D eigenvalue weighted by atomic mass is 10.1. The molecule has 1 aliphatic rings. The molecule has 0 fully saturated rings. The number of carbonyl (C=O) groups excluding carboxylic acids is 1. The summed E-state index contributed by atoms with van der Waals surface area (Å²) < 4.78 is 0. The highest BCUT2D eigenvalue weighted by molar-refractivity contribution is 7.17. The van der Waals surface area contributed by atoms with Crippen molar-refractivity contribution in [1.29, 1.82) is 0 Å². The molecule has 1 aliphatic heterocycles. The molecule has 25 heavy (non-hydrogen) atoms. The minimum absolute atomic E-state index is 0.168. The zero-order chi connectivity index (χ0) is 17.4. The molecule has 0 saturated carbocycles. The standard InChI is InChI=1S/C19H19N3OS2/c1-12-11-13-5-2-3-6-14(13)22(12)17(23)9-8-16-18(21-19(20)25-16)15-7-4-10-24-15/h2-7,10,12H,8-9,11H2,1H3,(H2,20,21). The van der Waals surface area contributed by atoms with Crippen molar-refractivity contribution in [3.05, 3.63) is 52.2 Å². The van der Waals surface area contributed by atoms with E-state index in [0.717, 1.165) is 27.6 Å². The van der Waals surface area contributed by atoms with Crippen molar-refractivity contribution in [2.45, 2.75) is 32.2 Å². The summed E-state index contributed by atoms with van der Waals surface area (Å²) in [6, 6.07) is 12.4. The number of anilines is 2. The van der Waals surface area contributed by atoms with Crippen molar-refractivity contribution in [1.82, 2.24) is 4.98 Å². The Morgan fingerprint density at radius 1 is 1.32 bits per heavy atom. The lowest BCUT2D eigenvalue weighted by Gasteiger charge is -2.22. The van der Waals surface area contributed by atoms with Gasteiger partial charge in [-0.15, -0.1) is 22.7 Å². The number of benzene rings is 1. The second kappa shape index (κ2) is 6.61. The molecule has 2 N–H and O–H groups in total. The maximum atomic E-state index is 12.9. The van der Waals surface area contributed by atoms with Gasteiger partial charge in [0.25, 0.3) is 0 Å². The quantitative estimate of drug-likeness (QED) is 0.743. The fraction of sp³-hybridized carbons (Fsp3) is 0.263. The molecular weight excluding hydrogens is 350 g/mol. The largest absolute Gasteiger partial charge is 0.375 e. The summed E-state index contributed by atoms with van der Waals surface area (Å²) in [7, 11) is 0. The minimum atomic E-state index is 0.168. The van der Waals surface area contributed by atoms with Gasteiger partial charge in [0.15, 0.2) is 5.13 Å². The van der Waals surface area contributed by atoms with Gasteiger partial charge < -0.3 is 10.6 Å². The van der Waals surface area contributed by atoms with E-state index in [1.54, 1.807) is 11.3 Å². The molecular formula is C19H19N3OS2. The molecule has 0 radical (unpaired) electrons. The first-order chi connectivity index (χ1) is 12.1. The average Bonchev–Trinajstić information content (AvgIpc) is 3.29. The lowest BCUT2D eigenvalue weighted by Crippen LogP contribution is -2.35. The number of aromatic nitrogens is 1. The van der Waals surface area contributed by atoms with Crippen LogP contribution in [0, 0.1) is 0 Å². The van der Waals surface area contributed by atoms with Crippen LogP contribution in [0.15, 0.2) is 41.8 Å². The molecule has 4 rings (SSSR count). The number of hydrogen-bond acceptors (Lipinski definition) is 5. The zero-order valence-corrected chi connectivity index (χ0v) is 15.6. The number of amides is 1. The number of nitrogen functional groups attached to an aromatic ring is 1. The van der Waals surface area contributed by atoms with E-state index in [9.17, 15) is 4.79 Å². The first kappa shape index (κ1) is 16.3. The molecule has 4 nitrogen and oxygen atoms in total. The number of para-hydroxylation sites is 1. The Kier molecular flexibility index (Phi) is 4.31. The van der Waals surface area contributed by atoms with Crippen LogP contribution in [-0.2, 0) is 17.6 Å². The van der Waals surface area contributed by atoms with Gasteiger partial charge >= 0.3 is 0 Å². The Morgan fingerprint density at radius 3 is 2.96 bits per heavy atom. The minimum Gasteiger partial charge on any atom is -0.375 e. The van der Waals surface area contributed by atoms with Crippen molar-refractivity contribution >= 4 is 39.4 Å². The first-order valence-corrected chi connectivity index (χ1v) is 10.0. The normalized spacial score (nSPS) is 16.2. The van der Waals surface area contributed by atoms with Crippen molar-refractivity contribution in [3.63, 3.8) is 0 Å². The highest BCUT2D eigenvalue weighted by atomic mass is 32.1. The maximum Gasteiger partial charge on any atom is 0.227 e. The van der Waals surface area contributed by atoms with Gasteiger partial charge in [0, 0.05) is 23.0 Å². The SMILES string of the molecule is CC1Cc2ccccc2N1C(=O)CCc1sc(N)nc1-c1cccs1. The van der Waals surface area contributed by atoms with E-state index in [2.05, 4.69) is 18.0 Å². The first-order valence-electron chi connectivity index (χ1n) is 8.32. The topological polar surface area (TPSA) is 59.2 Å². The number of carbonyl (C=O) groups is 1. The number of thiophene rings is 1. The summed E-state index contributed by atoms with van der Waals surface area (Å²) in [5, 5.41) is 2.59. The third-order valence-corrected chi connectivity index (χ3v) is 6.33. The molecule has 2 aromatic heterocycles. The molecule has 0 aliphatic carbocycles. The number of fused-ring (bicyclic) bond motifs is 1. The van der Waals surface area contributed by atoms with Gasteiger partial charge in [0.2, 0.25) is 5.91 Å². The number of nitrogens with two attached hydrogens (primary N) is 1. The number of hydrogen-bond donors (Lipinski definition) is 1. The third-order valence-electron chi connectivity index (χ3n) is 4.51. The summed E-state index contributed by atoms with van der Waals surface area (Å²) in [6.07, 6.45) is 2.07. The van der Waals surface area contributed by atoms with Gasteiger partial charge in [-0.2, -0.15) is 0 Å². The van der Waals surface area contributed by atoms with Crippen LogP contribution in [0.3, 0.4) is 0 Å². The van der Waals surface area contributed by atoms with Crippen molar-refractivity contribution < 1.29 is 4.79 Å². The Morgan fingerprint density at radius 2 is 2.16 bits per heavy atom. The van der Waals surface area contributed by atoms with Gasteiger partial charge in [0.1, 0.15) is 0 Å². The van der Waals surface area contributed by atoms with Crippen LogP contribution in [-0.4, -0.2) is 16.9 Å². The number of aryl methyl sites for hydroxylation is 1. The van der Waals surface area contributed by atoms with E-state index >= 15 is 0 Å². The maximum absolute atomic E-state index is 12.9. The van der Waals surface area contributed by atoms with Crippen LogP contribution in [0.5, 0.6) is 0 Å². The monoisotopic (exact) mass is 369 g/mol. The van der Waals surface area contributed by atoms with E-state index in [0.29, 0.717) is 18.0 Å². The van der Waals surface area contributed by atoms with Crippen LogP contribution in [0.2, 0.25) is 0 Å². The number of rotatable bonds is 4. The Balaban J connectivity index is 1.52. The Bertz CT molecular complexity index is 901. The number of nitrogens with zero attached hydrogens (tertiary/aromatic N) is 2. The summed E-state index contributed by atoms with van der Waals surface area (Å²) in [4.78, 5) is 21.5. The highest BCUT2D eigenvalue weighted by Crippen LogP contribution is 2.35. The van der Waals surface area contributed by atoms with Crippen LogP contribution >= 0.6 is 22.7 Å². The second-order valence-electron chi connectivity index (χ2n) is 6.25. The predicted octanol–water partition coefficient (Wildman–Crippen LogP) is 4.36. The molecule has 1 atom stereocenters. The molecule has 1 unspecified atom stereocenters. The van der Waals surface area contributed by atoms with Crippen LogP contribution in [0.25, 0.3) is 10.6 Å². The highest BCUT2D eigenvalue weighted by Gasteiger charge is 2.30. The van der Waals surface area contributed by atoms with Crippen LogP contribution in [0.4, 0.5) is 10.8 Å². The fourth-order valence-electron chi connectivity index (χ4n) is 3.43. The average molecular weight is 370 g/mol. The molecule has 1 aromatic carbocycles. The lowest BCUT2D eigenvalue weighted by molar-refractivity contribution is -0.118. The molecule has 1 amide bonds. The van der Waals surface area contributed by atoms with Gasteiger partial charge in [0.05, 0.1) is 10.6 Å². The summed E-state index contributed by atoms with van der Waals surface area (Å²) in [5.74, 6) is 0.168. The Labute approximate surface area is 154 Å². The van der Waals surface area contributed by atoms with Gasteiger partial charge in [-0.3, -0.25) is 4.79 Å². The van der Waals surface area contributed by atoms with E-state index in [1.165, 1.54) is 16.9 Å². The van der Waals surface area contributed by atoms with Crippen LogP contribution < -0.4 is 10.6 Å². The van der Waals surface area contributed by atoms with Gasteiger partial charge in [-0.1, -0.05) is 24.3 Å². The second-order valence-corrected chi connectivity index (χ2v) is 8.31. The predicted molar refractivity (Wildman–Crippen MR) is 105 cm³/mol.